The van der Waals surface area contributed by atoms with Gasteiger partial charge in [-0.15, -0.1) is 11.3 Å². The van der Waals surface area contributed by atoms with Crippen molar-refractivity contribution in [2.24, 2.45) is 0 Å². The maximum atomic E-state index is 2.40. The lowest BCUT2D eigenvalue weighted by atomic mass is 9.99. The average molecular weight is 593 g/mol. The minimum Gasteiger partial charge on any atom is -0.310 e. The summed E-state index contributed by atoms with van der Waals surface area (Å²) in [7, 11) is 0. The summed E-state index contributed by atoms with van der Waals surface area (Å²) in [6, 6.07) is 61.3. The summed E-state index contributed by atoms with van der Waals surface area (Å²) in [5, 5.41) is 5.10. The van der Waals surface area contributed by atoms with Gasteiger partial charge in [0.15, 0.2) is 0 Å². The Morgan fingerprint density at radius 2 is 1.07 bits per heavy atom. The molecule has 212 valence electrons. The van der Waals surface area contributed by atoms with Crippen molar-refractivity contribution in [1.29, 1.82) is 0 Å². The molecule has 45 heavy (non-hydrogen) atoms. The molecule has 2 nitrogen and oxygen atoms in total. The van der Waals surface area contributed by atoms with Crippen LogP contribution in [0.2, 0.25) is 0 Å². The molecule has 3 heteroatoms. The van der Waals surface area contributed by atoms with Gasteiger partial charge in [0.2, 0.25) is 0 Å². The molecule has 0 radical (unpaired) electrons. The Balaban J connectivity index is 1.33. The quantitative estimate of drug-likeness (QED) is 0.193. The average Bonchev–Trinajstić information content (AvgIpc) is 3.66. The van der Waals surface area contributed by atoms with E-state index in [0.29, 0.717) is 0 Å². The zero-order valence-electron chi connectivity index (χ0n) is 24.5. The molecule has 0 amide bonds. The van der Waals surface area contributed by atoms with Crippen molar-refractivity contribution < 1.29 is 0 Å². The predicted molar refractivity (Wildman–Crippen MR) is 194 cm³/mol. The minimum absolute atomic E-state index is 1.14. The smallest absolute Gasteiger partial charge is 0.0555 e. The van der Waals surface area contributed by atoms with Crippen LogP contribution >= 0.6 is 11.3 Å². The molecule has 0 atom stereocenters. The number of thiophene rings is 1. The Morgan fingerprint density at radius 1 is 0.467 bits per heavy atom. The Labute approximate surface area is 265 Å². The number of rotatable bonds is 5. The fourth-order valence-corrected chi connectivity index (χ4v) is 8.06. The Hall–Kier alpha value is -5.64. The van der Waals surface area contributed by atoms with Crippen molar-refractivity contribution >= 4 is 70.4 Å². The molecule has 0 aliphatic rings. The van der Waals surface area contributed by atoms with Gasteiger partial charge < -0.3 is 9.47 Å². The van der Waals surface area contributed by atoms with Gasteiger partial charge in [-0.05, 0) is 71.8 Å². The van der Waals surface area contributed by atoms with Gasteiger partial charge in [-0.1, -0.05) is 109 Å². The van der Waals surface area contributed by atoms with Crippen LogP contribution in [-0.2, 0) is 0 Å². The Kier molecular flexibility index (Phi) is 6.03. The van der Waals surface area contributed by atoms with E-state index < -0.39 is 0 Å². The molecule has 0 bridgehead atoms. The van der Waals surface area contributed by atoms with Crippen molar-refractivity contribution in [2.45, 2.75) is 0 Å². The zero-order valence-corrected chi connectivity index (χ0v) is 25.3. The molecule has 0 fully saturated rings. The van der Waals surface area contributed by atoms with E-state index in [0.717, 1.165) is 11.4 Å². The normalized spacial score (nSPS) is 11.6. The van der Waals surface area contributed by atoms with Crippen LogP contribution in [0.15, 0.2) is 170 Å². The number of fused-ring (bicyclic) bond motifs is 6. The maximum Gasteiger partial charge on any atom is 0.0555 e. The van der Waals surface area contributed by atoms with Crippen molar-refractivity contribution in [2.75, 3.05) is 4.90 Å². The highest BCUT2D eigenvalue weighted by Gasteiger charge is 2.21. The standard InChI is InChI=1S/C42H28N2S/c1-4-14-30(15-5-1)43(31-16-6-2-7-17-31)38-27-26-33(42-41(38)36-21-11-13-23-40(36)45-42)29-24-25-35-34-20-10-12-22-37(34)44(39(35)28-29)32-18-8-3-9-19-32/h1-28H. The number of para-hydroxylation sites is 4. The van der Waals surface area contributed by atoms with Crippen LogP contribution in [0.25, 0.3) is 58.8 Å². The van der Waals surface area contributed by atoms with Gasteiger partial charge in [0.05, 0.1) is 16.7 Å². The molecule has 7 aromatic carbocycles. The van der Waals surface area contributed by atoms with Gasteiger partial charge in [0.1, 0.15) is 0 Å². The molecule has 0 unspecified atom stereocenters. The van der Waals surface area contributed by atoms with Crippen molar-refractivity contribution in [1.82, 2.24) is 4.57 Å². The molecule has 0 saturated carbocycles. The number of hydrogen-bond acceptors (Lipinski definition) is 2. The first kappa shape index (κ1) is 25.8. The number of anilines is 3. The van der Waals surface area contributed by atoms with Gasteiger partial charge in [-0.2, -0.15) is 0 Å². The summed E-state index contributed by atoms with van der Waals surface area (Å²) in [5.41, 5.74) is 9.55. The summed E-state index contributed by atoms with van der Waals surface area (Å²) < 4.78 is 4.99. The summed E-state index contributed by atoms with van der Waals surface area (Å²) in [6.45, 7) is 0. The highest BCUT2D eigenvalue weighted by atomic mass is 32.1. The predicted octanol–water partition coefficient (Wildman–Crippen LogP) is 12.3. The molecule has 2 heterocycles. The van der Waals surface area contributed by atoms with Crippen LogP contribution in [0.1, 0.15) is 0 Å². The van der Waals surface area contributed by atoms with Gasteiger partial charge in [-0.25, -0.2) is 0 Å². The van der Waals surface area contributed by atoms with E-state index in [1.54, 1.807) is 0 Å². The van der Waals surface area contributed by atoms with Crippen LogP contribution in [0.3, 0.4) is 0 Å². The van der Waals surface area contributed by atoms with E-state index >= 15 is 0 Å². The van der Waals surface area contributed by atoms with Gasteiger partial charge >= 0.3 is 0 Å². The molecular weight excluding hydrogens is 565 g/mol. The van der Waals surface area contributed by atoms with Crippen molar-refractivity contribution in [3.05, 3.63) is 170 Å². The molecule has 0 spiro atoms. The van der Waals surface area contributed by atoms with E-state index in [-0.39, 0.29) is 0 Å². The first-order chi connectivity index (χ1) is 22.3. The van der Waals surface area contributed by atoms with Crippen LogP contribution in [0.4, 0.5) is 17.1 Å². The lowest BCUT2D eigenvalue weighted by molar-refractivity contribution is 1.18. The molecule has 0 saturated heterocycles. The fraction of sp³-hybridized carbons (Fsp3) is 0. The largest absolute Gasteiger partial charge is 0.310 e. The first-order valence-electron chi connectivity index (χ1n) is 15.3. The maximum absolute atomic E-state index is 2.40. The van der Waals surface area contributed by atoms with E-state index in [2.05, 4.69) is 179 Å². The van der Waals surface area contributed by atoms with Crippen LogP contribution in [-0.4, -0.2) is 4.57 Å². The monoisotopic (exact) mass is 592 g/mol. The summed E-state index contributed by atoms with van der Waals surface area (Å²) in [5.74, 6) is 0. The molecule has 9 rings (SSSR count). The highest BCUT2D eigenvalue weighted by Crippen LogP contribution is 2.48. The Morgan fingerprint density at radius 3 is 1.80 bits per heavy atom. The summed E-state index contributed by atoms with van der Waals surface area (Å²) >= 11 is 1.88. The van der Waals surface area contributed by atoms with Gasteiger partial charge in [0.25, 0.3) is 0 Å². The third-order valence-electron chi connectivity index (χ3n) is 8.77. The number of benzene rings is 7. The second-order valence-corrected chi connectivity index (χ2v) is 12.4. The third-order valence-corrected chi connectivity index (χ3v) is 9.98. The van der Waals surface area contributed by atoms with Crippen LogP contribution in [0.5, 0.6) is 0 Å². The number of hydrogen-bond donors (Lipinski definition) is 0. The van der Waals surface area contributed by atoms with Gasteiger partial charge in [0, 0.05) is 48.0 Å². The van der Waals surface area contributed by atoms with Crippen LogP contribution < -0.4 is 4.90 Å². The zero-order chi connectivity index (χ0) is 29.7. The lowest BCUT2D eigenvalue weighted by Gasteiger charge is -2.27. The number of nitrogens with zero attached hydrogens (tertiary/aromatic N) is 2. The number of aromatic nitrogens is 1. The van der Waals surface area contributed by atoms with E-state index in [1.165, 1.54) is 64.5 Å². The van der Waals surface area contributed by atoms with Crippen LogP contribution in [0, 0.1) is 0 Å². The molecule has 0 N–H and O–H groups in total. The second-order valence-electron chi connectivity index (χ2n) is 11.4. The highest BCUT2D eigenvalue weighted by molar-refractivity contribution is 7.26. The third kappa shape index (κ3) is 4.16. The SMILES string of the molecule is c1ccc(N(c2ccccc2)c2ccc(-c3ccc4c5ccccc5n(-c5ccccc5)c4c3)c3sc4ccccc4c23)cc1. The molecule has 9 aromatic rings. The van der Waals surface area contributed by atoms with Crippen molar-refractivity contribution in [3.8, 4) is 16.8 Å². The first-order valence-corrected chi connectivity index (χ1v) is 16.1. The van der Waals surface area contributed by atoms with E-state index in [9.17, 15) is 0 Å². The summed E-state index contributed by atoms with van der Waals surface area (Å²) in [4.78, 5) is 2.39. The molecule has 0 aliphatic heterocycles. The van der Waals surface area contributed by atoms with E-state index in [4.69, 9.17) is 0 Å². The second kappa shape index (κ2) is 10.5. The Bertz CT molecular complexity index is 2440. The fourth-order valence-electron chi connectivity index (χ4n) is 6.80. The molecule has 2 aromatic heterocycles. The van der Waals surface area contributed by atoms with Crippen molar-refractivity contribution in [3.63, 3.8) is 0 Å². The topological polar surface area (TPSA) is 8.17 Å². The van der Waals surface area contributed by atoms with Gasteiger partial charge in [-0.3, -0.25) is 0 Å². The summed E-state index contributed by atoms with van der Waals surface area (Å²) in [6.07, 6.45) is 0. The molecular formula is C42H28N2S. The lowest BCUT2D eigenvalue weighted by Crippen LogP contribution is -2.10. The minimum atomic E-state index is 1.14. The van der Waals surface area contributed by atoms with E-state index in [1.807, 2.05) is 11.3 Å². The molecule has 0 aliphatic carbocycles.